The van der Waals surface area contributed by atoms with Crippen LogP contribution in [0.5, 0.6) is 0 Å². The normalized spacial score (nSPS) is 13.1. The first kappa shape index (κ1) is 8.62. The Bertz CT molecular complexity index is 263. The number of nitrogens with zero attached hydrogens (tertiary/aromatic N) is 1. The predicted molar refractivity (Wildman–Crippen MR) is 44.5 cm³/mol. The Morgan fingerprint density at radius 2 is 2.36 bits per heavy atom. The fourth-order valence-electron chi connectivity index (χ4n) is 0.760. The molecule has 1 rings (SSSR count). The molecule has 0 bridgehead atoms. The molecule has 2 N–H and O–H groups in total. The summed E-state index contributed by atoms with van der Waals surface area (Å²) in [5, 5.41) is 0. The average molecular weight is 219 g/mol. The lowest BCUT2D eigenvalue weighted by Gasteiger charge is -2.04. The third-order valence-electron chi connectivity index (χ3n) is 1.27. The summed E-state index contributed by atoms with van der Waals surface area (Å²) in [5.41, 5.74) is 5.75. The van der Waals surface area contributed by atoms with Crippen molar-refractivity contribution in [1.29, 1.82) is 0 Å². The van der Waals surface area contributed by atoms with Crippen LogP contribution in [0.25, 0.3) is 0 Å². The molecule has 1 aromatic heterocycles. The molecule has 1 heterocycles. The molecule has 0 saturated heterocycles. The van der Waals surface area contributed by atoms with Gasteiger partial charge < -0.3 is 5.73 Å². The van der Waals surface area contributed by atoms with Crippen LogP contribution in [0.1, 0.15) is 18.7 Å². The van der Waals surface area contributed by atoms with Crippen molar-refractivity contribution in [3.63, 3.8) is 0 Å². The van der Waals surface area contributed by atoms with E-state index >= 15 is 0 Å². The van der Waals surface area contributed by atoms with E-state index < -0.39 is 0 Å². The average Bonchev–Trinajstić information content (AvgIpc) is 1.85. The highest BCUT2D eigenvalue weighted by molar-refractivity contribution is 9.10. The van der Waals surface area contributed by atoms with Gasteiger partial charge in [0.15, 0.2) is 0 Å². The van der Waals surface area contributed by atoms with E-state index in [0.29, 0.717) is 10.2 Å². The Labute approximate surface area is 72.8 Å². The molecule has 4 heteroatoms. The first-order chi connectivity index (χ1) is 5.11. The van der Waals surface area contributed by atoms with Gasteiger partial charge in [0, 0.05) is 16.7 Å². The van der Waals surface area contributed by atoms with Crippen molar-refractivity contribution in [3.8, 4) is 0 Å². The molecule has 60 valence electrons. The van der Waals surface area contributed by atoms with Gasteiger partial charge in [-0.15, -0.1) is 0 Å². The van der Waals surface area contributed by atoms with E-state index in [2.05, 4.69) is 20.9 Å². The molecule has 1 unspecified atom stereocenters. The second-order valence-electron chi connectivity index (χ2n) is 2.31. The number of hydrogen-bond acceptors (Lipinski definition) is 2. The molecule has 0 fully saturated rings. The second-order valence-corrected chi connectivity index (χ2v) is 3.22. The number of aromatic nitrogens is 1. The van der Waals surface area contributed by atoms with Crippen LogP contribution in [-0.2, 0) is 0 Å². The lowest BCUT2D eigenvalue weighted by atomic mass is 10.2. The third kappa shape index (κ3) is 1.97. The topological polar surface area (TPSA) is 38.9 Å². The minimum atomic E-state index is -0.366. The van der Waals surface area contributed by atoms with Crippen molar-refractivity contribution in [1.82, 2.24) is 4.98 Å². The molecule has 0 aromatic carbocycles. The smallest absolute Gasteiger partial charge is 0.147 e. The van der Waals surface area contributed by atoms with Gasteiger partial charge in [-0.25, -0.2) is 4.39 Å². The van der Waals surface area contributed by atoms with Gasteiger partial charge in [-0.1, -0.05) is 0 Å². The van der Waals surface area contributed by atoms with Crippen LogP contribution in [0, 0.1) is 5.82 Å². The third-order valence-corrected chi connectivity index (χ3v) is 1.70. The van der Waals surface area contributed by atoms with Crippen molar-refractivity contribution >= 4 is 15.9 Å². The summed E-state index contributed by atoms with van der Waals surface area (Å²) in [6.45, 7) is 1.69. The van der Waals surface area contributed by atoms with Crippen LogP contribution >= 0.6 is 15.9 Å². The minimum Gasteiger partial charge on any atom is -0.323 e. The summed E-state index contributed by atoms with van der Waals surface area (Å²) >= 11 is 3.10. The quantitative estimate of drug-likeness (QED) is 0.784. The summed E-state index contributed by atoms with van der Waals surface area (Å²) in [6.07, 6.45) is 1.53. The summed E-state index contributed by atoms with van der Waals surface area (Å²) in [6, 6.07) is 0.995. The summed E-state index contributed by atoms with van der Waals surface area (Å²) in [5.74, 6) is -0.366. The minimum absolute atomic E-state index is 0.299. The van der Waals surface area contributed by atoms with Crippen LogP contribution in [0.3, 0.4) is 0 Å². The Morgan fingerprint density at radius 3 is 2.82 bits per heavy atom. The lowest BCUT2D eigenvalue weighted by Crippen LogP contribution is -2.09. The monoisotopic (exact) mass is 218 g/mol. The zero-order valence-corrected chi connectivity index (χ0v) is 7.60. The molecule has 0 aliphatic rings. The second kappa shape index (κ2) is 3.28. The van der Waals surface area contributed by atoms with E-state index in [1.807, 2.05) is 0 Å². The molecule has 0 saturated carbocycles. The Hall–Kier alpha value is -0.480. The molecule has 0 radical (unpaired) electrons. The lowest BCUT2D eigenvalue weighted by molar-refractivity contribution is 0.578. The van der Waals surface area contributed by atoms with E-state index in [1.165, 1.54) is 12.3 Å². The molecule has 2 nitrogen and oxygen atoms in total. The first-order valence-corrected chi connectivity index (χ1v) is 3.97. The van der Waals surface area contributed by atoms with Crippen LogP contribution < -0.4 is 5.73 Å². The largest absolute Gasteiger partial charge is 0.323 e. The maximum Gasteiger partial charge on any atom is 0.147 e. The van der Waals surface area contributed by atoms with E-state index in [-0.39, 0.29) is 11.9 Å². The van der Waals surface area contributed by atoms with Gasteiger partial charge in [0.1, 0.15) is 5.82 Å². The number of nitrogens with two attached hydrogens (primary N) is 1. The maximum absolute atomic E-state index is 12.9. The fraction of sp³-hybridized carbons (Fsp3) is 0.286. The molecule has 1 aromatic rings. The SMILES string of the molecule is CC(N)c1ncc(Br)cc1F. The molecular weight excluding hydrogens is 211 g/mol. The van der Waals surface area contributed by atoms with Gasteiger partial charge in [-0.2, -0.15) is 0 Å². The molecule has 0 aliphatic heterocycles. The van der Waals surface area contributed by atoms with Crippen molar-refractivity contribution in [2.75, 3.05) is 0 Å². The highest BCUT2D eigenvalue weighted by atomic mass is 79.9. The van der Waals surface area contributed by atoms with Crippen LogP contribution in [0.15, 0.2) is 16.7 Å². The van der Waals surface area contributed by atoms with Crippen LogP contribution in [0.2, 0.25) is 0 Å². The predicted octanol–water partition coefficient (Wildman–Crippen LogP) is 2.00. The van der Waals surface area contributed by atoms with E-state index in [1.54, 1.807) is 6.92 Å². The highest BCUT2D eigenvalue weighted by Gasteiger charge is 2.07. The van der Waals surface area contributed by atoms with Crippen molar-refractivity contribution in [2.45, 2.75) is 13.0 Å². The van der Waals surface area contributed by atoms with Crippen molar-refractivity contribution in [3.05, 3.63) is 28.2 Å². The van der Waals surface area contributed by atoms with Crippen molar-refractivity contribution in [2.24, 2.45) is 5.73 Å². The van der Waals surface area contributed by atoms with Gasteiger partial charge in [0.05, 0.1) is 5.69 Å². The molecule has 11 heavy (non-hydrogen) atoms. The number of halogens is 2. The summed E-state index contributed by atoms with van der Waals surface area (Å²) < 4.78 is 13.6. The Morgan fingerprint density at radius 1 is 1.73 bits per heavy atom. The Kier molecular flexibility index (Phi) is 2.57. The van der Waals surface area contributed by atoms with Crippen LogP contribution in [-0.4, -0.2) is 4.98 Å². The van der Waals surface area contributed by atoms with E-state index in [0.717, 1.165) is 0 Å². The maximum atomic E-state index is 12.9. The first-order valence-electron chi connectivity index (χ1n) is 3.18. The summed E-state index contributed by atoms with van der Waals surface area (Å²) in [4.78, 5) is 3.83. The van der Waals surface area contributed by atoms with Gasteiger partial charge in [0.2, 0.25) is 0 Å². The highest BCUT2D eigenvalue weighted by Crippen LogP contribution is 2.15. The fourth-order valence-corrected chi connectivity index (χ4v) is 1.06. The summed E-state index contributed by atoms with van der Waals surface area (Å²) in [7, 11) is 0. The number of pyridine rings is 1. The zero-order valence-electron chi connectivity index (χ0n) is 6.01. The molecule has 0 amide bonds. The van der Waals surface area contributed by atoms with Gasteiger partial charge in [-0.3, -0.25) is 4.98 Å². The molecule has 0 aliphatic carbocycles. The van der Waals surface area contributed by atoms with Gasteiger partial charge in [0.25, 0.3) is 0 Å². The van der Waals surface area contributed by atoms with Gasteiger partial charge >= 0.3 is 0 Å². The van der Waals surface area contributed by atoms with Gasteiger partial charge in [-0.05, 0) is 28.9 Å². The zero-order chi connectivity index (χ0) is 8.43. The Balaban J connectivity index is 3.09. The molecule has 0 spiro atoms. The van der Waals surface area contributed by atoms with E-state index in [9.17, 15) is 4.39 Å². The standard InChI is InChI=1S/C7H8BrFN2/c1-4(10)7-6(9)2-5(8)3-11-7/h2-4H,10H2,1H3. The molecule has 1 atom stereocenters. The number of hydrogen-bond donors (Lipinski definition) is 1. The number of rotatable bonds is 1. The van der Waals surface area contributed by atoms with E-state index in [4.69, 9.17) is 5.73 Å². The van der Waals surface area contributed by atoms with Crippen LogP contribution in [0.4, 0.5) is 4.39 Å². The van der Waals surface area contributed by atoms with Crippen molar-refractivity contribution < 1.29 is 4.39 Å². The molecular formula is C7H8BrFN2.